The number of hydrogen-bond donors (Lipinski definition) is 1. The van der Waals surface area contributed by atoms with Crippen LogP contribution in [0.4, 0.5) is 4.39 Å². The molecular weight excluding hydrogens is 259 g/mol. The van der Waals surface area contributed by atoms with Crippen LogP contribution in [0.5, 0.6) is 0 Å². The van der Waals surface area contributed by atoms with E-state index < -0.39 is 0 Å². The zero-order valence-electron chi connectivity index (χ0n) is 9.28. The Morgan fingerprint density at radius 1 is 1.53 bits per heavy atom. The van der Waals surface area contributed by atoms with Gasteiger partial charge >= 0.3 is 0 Å². The van der Waals surface area contributed by atoms with Gasteiger partial charge in [0.25, 0.3) is 0 Å². The molecule has 0 spiro atoms. The van der Waals surface area contributed by atoms with Gasteiger partial charge in [-0.25, -0.2) is 9.37 Å². The molecule has 1 atom stereocenters. The van der Waals surface area contributed by atoms with Crippen LogP contribution in [-0.2, 0) is 6.54 Å². The second kappa shape index (κ2) is 5.58. The maximum Gasteiger partial charge on any atom is 0.123 e. The summed E-state index contributed by atoms with van der Waals surface area (Å²) < 4.78 is 13.0. The first-order valence-corrected chi connectivity index (χ1v) is 6.49. The maximum absolute atomic E-state index is 13.0. The average molecular weight is 271 g/mol. The highest BCUT2D eigenvalue weighted by atomic mass is 35.5. The molecule has 0 aliphatic carbocycles. The molecule has 0 fully saturated rings. The molecule has 1 aromatic heterocycles. The van der Waals surface area contributed by atoms with Crippen molar-refractivity contribution in [1.82, 2.24) is 10.3 Å². The second-order valence-electron chi connectivity index (χ2n) is 3.71. The fraction of sp³-hybridized carbons (Fsp3) is 0.250. The molecular formula is C12H12ClFN2S. The number of nitrogens with one attached hydrogen (secondary N) is 1. The first-order valence-electron chi connectivity index (χ1n) is 5.23. The number of nitrogens with zero attached hydrogens (tertiary/aromatic N) is 1. The fourth-order valence-corrected chi connectivity index (χ4v) is 2.33. The number of aromatic nitrogens is 1. The number of thiazole rings is 1. The van der Waals surface area contributed by atoms with Crippen molar-refractivity contribution in [2.75, 3.05) is 0 Å². The van der Waals surface area contributed by atoms with Crippen LogP contribution in [0.1, 0.15) is 23.5 Å². The van der Waals surface area contributed by atoms with Crippen LogP contribution < -0.4 is 5.32 Å². The molecule has 2 nitrogen and oxygen atoms in total. The Balaban J connectivity index is 2.00. The summed E-state index contributed by atoms with van der Waals surface area (Å²) in [7, 11) is 0. The van der Waals surface area contributed by atoms with Crippen LogP contribution in [0, 0.1) is 5.82 Å². The summed E-state index contributed by atoms with van der Waals surface area (Å²) in [4.78, 5) is 4.22. The van der Waals surface area contributed by atoms with E-state index >= 15 is 0 Å². The largest absolute Gasteiger partial charge is 0.304 e. The van der Waals surface area contributed by atoms with Crippen molar-refractivity contribution < 1.29 is 4.39 Å². The third-order valence-corrected chi connectivity index (χ3v) is 3.76. The van der Waals surface area contributed by atoms with Crippen molar-refractivity contribution in [3.05, 3.63) is 51.2 Å². The minimum atomic E-state index is -0.270. The highest BCUT2D eigenvalue weighted by Gasteiger charge is 2.08. The molecule has 17 heavy (non-hydrogen) atoms. The Morgan fingerprint density at radius 2 is 2.35 bits per heavy atom. The van der Waals surface area contributed by atoms with Gasteiger partial charge in [-0.2, -0.15) is 0 Å². The summed E-state index contributed by atoms with van der Waals surface area (Å²) in [5, 5.41) is 6.79. The van der Waals surface area contributed by atoms with E-state index in [2.05, 4.69) is 10.3 Å². The lowest BCUT2D eigenvalue weighted by Crippen LogP contribution is -2.18. The molecule has 0 amide bonds. The summed E-state index contributed by atoms with van der Waals surface area (Å²) >= 11 is 7.58. The molecule has 0 aliphatic rings. The molecule has 1 unspecified atom stereocenters. The minimum Gasteiger partial charge on any atom is -0.304 e. The minimum absolute atomic E-state index is 0.134. The molecule has 5 heteroatoms. The Kier molecular flexibility index (Phi) is 4.10. The van der Waals surface area contributed by atoms with Crippen LogP contribution in [0.25, 0.3) is 0 Å². The lowest BCUT2D eigenvalue weighted by molar-refractivity contribution is 0.567. The number of rotatable bonds is 4. The molecule has 0 saturated carbocycles. The van der Waals surface area contributed by atoms with Crippen LogP contribution in [0.15, 0.2) is 29.8 Å². The lowest BCUT2D eigenvalue weighted by Gasteiger charge is -2.12. The zero-order chi connectivity index (χ0) is 12.3. The van der Waals surface area contributed by atoms with Gasteiger partial charge in [0.05, 0.1) is 6.04 Å². The summed E-state index contributed by atoms with van der Waals surface area (Å²) in [6, 6.07) is 4.51. The first kappa shape index (κ1) is 12.5. The first-order chi connectivity index (χ1) is 8.16. The average Bonchev–Trinajstić information content (AvgIpc) is 2.83. The van der Waals surface area contributed by atoms with Crippen molar-refractivity contribution in [1.29, 1.82) is 0 Å². The SMILES string of the molecule is CC(NCc1cc(F)ccc1Cl)c1nccs1. The van der Waals surface area contributed by atoms with E-state index in [1.165, 1.54) is 12.1 Å². The Bertz CT molecular complexity index is 487. The highest BCUT2D eigenvalue weighted by Crippen LogP contribution is 2.19. The number of hydrogen-bond acceptors (Lipinski definition) is 3. The van der Waals surface area contributed by atoms with E-state index in [0.29, 0.717) is 11.6 Å². The monoisotopic (exact) mass is 270 g/mol. The van der Waals surface area contributed by atoms with Crippen molar-refractivity contribution in [3.63, 3.8) is 0 Å². The van der Waals surface area contributed by atoms with E-state index in [1.807, 2.05) is 12.3 Å². The van der Waals surface area contributed by atoms with E-state index in [-0.39, 0.29) is 11.9 Å². The van der Waals surface area contributed by atoms with Gasteiger partial charge in [-0.05, 0) is 30.7 Å². The second-order valence-corrected chi connectivity index (χ2v) is 5.04. The van der Waals surface area contributed by atoms with E-state index in [1.54, 1.807) is 23.6 Å². The molecule has 0 saturated heterocycles. The molecule has 1 heterocycles. The van der Waals surface area contributed by atoms with Gasteiger partial charge in [-0.15, -0.1) is 11.3 Å². The molecule has 90 valence electrons. The van der Waals surface area contributed by atoms with Crippen molar-refractivity contribution in [3.8, 4) is 0 Å². The molecule has 0 radical (unpaired) electrons. The number of halogens is 2. The molecule has 2 rings (SSSR count). The zero-order valence-corrected chi connectivity index (χ0v) is 10.9. The van der Waals surface area contributed by atoms with Crippen LogP contribution in [0.2, 0.25) is 5.02 Å². The van der Waals surface area contributed by atoms with Crippen molar-refractivity contribution in [2.45, 2.75) is 19.5 Å². The topological polar surface area (TPSA) is 24.9 Å². The van der Waals surface area contributed by atoms with E-state index in [9.17, 15) is 4.39 Å². The van der Waals surface area contributed by atoms with Gasteiger partial charge in [0.15, 0.2) is 0 Å². The van der Waals surface area contributed by atoms with Gasteiger partial charge in [0.2, 0.25) is 0 Å². The van der Waals surface area contributed by atoms with Crippen LogP contribution in [0.3, 0.4) is 0 Å². The summed E-state index contributed by atoms with van der Waals surface area (Å²) in [6.07, 6.45) is 1.77. The van der Waals surface area contributed by atoms with Crippen LogP contribution in [-0.4, -0.2) is 4.98 Å². The molecule has 0 aliphatic heterocycles. The van der Waals surface area contributed by atoms with Crippen molar-refractivity contribution in [2.24, 2.45) is 0 Å². The summed E-state index contributed by atoms with van der Waals surface area (Å²) in [5.74, 6) is -0.270. The normalized spacial score (nSPS) is 12.6. The molecule has 2 aromatic rings. The highest BCUT2D eigenvalue weighted by molar-refractivity contribution is 7.09. The lowest BCUT2D eigenvalue weighted by atomic mass is 10.2. The standard InChI is InChI=1S/C12H12ClFN2S/c1-8(12-15-4-5-17-12)16-7-9-6-10(14)2-3-11(9)13/h2-6,8,16H,7H2,1H3. The van der Waals surface area contributed by atoms with E-state index in [4.69, 9.17) is 11.6 Å². The predicted molar refractivity (Wildman–Crippen MR) is 68.8 cm³/mol. The third-order valence-electron chi connectivity index (χ3n) is 2.43. The maximum atomic E-state index is 13.0. The molecule has 0 bridgehead atoms. The van der Waals surface area contributed by atoms with Gasteiger partial charge in [-0.3, -0.25) is 0 Å². The van der Waals surface area contributed by atoms with E-state index in [0.717, 1.165) is 10.6 Å². The summed E-state index contributed by atoms with van der Waals surface area (Å²) in [6.45, 7) is 2.55. The van der Waals surface area contributed by atoms with Gasteiger partial charge in [0.1, 0.15) is 10.8 Å². The predicted octanol–water partition coefficient (Wildman–Crippen LogP) is 3.79. The smallest absolute Gasteiger partial charge is 0.123 e. The Morgan fingerprint density at radius 3 is 3.06 bits per heavy atom. The van der Waals surface area contributed by atoms with Gasteiger partial charge in [-0.1, -0.05) is 11.6 Å². The number of benzene rings is 1. The third kappa shape index (κ3) is 3.25. The Labute approximate surface area is 108 Å². The van der Waals surface area contributed by atoms with Crippen LogP contribution >= 0.6 is 22.9 Å². The Hall–Kier alpha value is -0.970. The van der Waals surface area contributed by atoms with Gasteiger partial charge in [0, 0.05) is 23.1 Å². The summed E-state index contributed by atoms with van der Waals surface area (Å²) in [5.41, 5.74) is 0.759. The quantitative estimate of drug-likeness (QED) is 0.914. The van der Waals surface area contributed by atoms with Crippen molar-refractivity contribution >= 4 is 22.9 Å². The molecule has 1 aromatic carbocycles. The molecule has 1 N–H and O–H groups in total. The fourth-order valence-electron chi connectivity index (χ4n) is 1.48. The van der Waals surface area contributed by atoms with Gasteiger partial charge < -0.3 is 5.32 Å².